The number of carbonyl (C=O) groups excluding carboxylic acids is 1. The minimum atomic E-state index is -0.359. The van der Waals surface area contributed by atoms with Crippen LogP contribution in [0.3, 0.4) is 0 Å². The van der Waals surface area contributed by atoms with Gasteiger partial charge in [0.25, 0.3) is 0 Å². The molecule has 3 rings (SSSR count). The van der Waals surface area contributed by atoms with Crippen LogP contribution in [0.25, 0.3) is 0 Å². The molecule has 2 fully saturated rings. The predicted octanol–water partition coefficient (Wildman–Crippen LogP) is 1.51. The first kappa shape index (κ1) is 14.4. The average Bonchev–Trinajstić information content (AvgIpc) is 2.87. The maximum Gasteiger partial charge on any atom is 0.407 e. The topological polar surface area (TPSA) is 61.8 Å². The highest BCUT2D eigenvalue weighted by Gasteiger charge is 2.37. The highest BCUT2D eigenvalue weighted by atomic mass is 16.5. The Balaban J connectivity index is 1.43. The van der Waals surface area contributed by atoms with Gasteiger partial charge in [-0.3, -0.25) is 4.90 Å². The second kappa shape index (κ2) is 6.45. The van der Waals surface area contributed by atoms with Crippen molar-refractivity contribution in [1.29, 1.82) is 0 Å². The first-order valence-electron chi connectivity index (χ1n) is 7.62. The van der Waals surface area contributed by atoms with E-state index in [-0.39, 0.29) is 24.3 Å². The molecule has 2 heterocycles. The van der Waals surface area contributed by atoms with Gasteiger partial charge < -0.3 is 15.2 Å². The van der Waals surface area contributed by atoms with Gasteiger partial charge in [-0.2, -0.15) is 0 Å². The predicted molar refractivity (Wildman–Crippen MR) is 78.8 cm³/mol. The number of aliphatic hydroxyl groups excluding tert-OH is 1. The number of amides is 1. The average molecular weight is 290 g/mol. The van der Waals surface area contributed by atoms with Gasteiger partial charge in [-0.05, 0) is 24.8 Å². The van der Waals surface area contributed by atoms with E-state index in [1.165, 1.54) is 0 Å². The number of hydrogen-bond acceptors (Lipinski definition) is 4. The third-order valence-electron chi connectivity index (χ3n) is 4.43. The number of ether oxygens (including phenoxy) is 1. The standard InChI is InChI=1S/C16H22N2O3/c19-15-8-9-18-10-13(6-7-14(15)18)17-16(20)21-11-12-4-2-1-3-5-12/h1-5,13-15,19H,6-11H2,(H,17,20)/t13-,14-,15-/m0/s1. The third-order valence-corrected chi connectivity index (χ3v) is 4.43. The van der Waals surface area contributed by atoms with E-state index in [1.54, 1.807) is 0 Å². The first-order chi connectivity index (χ1) is 10.2. The maximum atomic E-state index is 11.8. The SMILES string of the molecule is O=C(N[C@H]1CC[C@H]2[C@@H](O)CCN2C1)OCc1ccccc1. The number of benzene rings is 1. The molecule has 1 amide bonds. The summed E-state index contributed by atoms with van der Waals surface area (Å²) in [4.78, 5) is 14.1. The molecule has 1 aromatic carbocycles. The molecule has 114 valence electrons. The van der Waals surface area contributed by atoms with Crippen LogP contribution in [0.15, 0.2) is 30.3 Å². The molecule has 21 heavy (non-hydrogen) atoms. The number of hydrogen-bond donors (Lipinski definition) is 2. The van der Waals surface area contributed by atoms with E-state index < -0.39 is 0 Å². The fourth-order valence-electron chi connectivity index (χ4n) is 3.30. The van der Waals surface area contributed by atoms with Gasteiger partial charge in [0.1, 0.15) is 6.61 Å². The maximum absolute atomic E-state index is 11.8. The molecule has 5 heteroatoms. The van der Waals surface area contributed by atoms with Crippen molar-refractivity contribution >= 4 is 6.09 Å². The minimum Gasteiger partial charge on any atom is -0.445 e. The van der Waals surface area contributed by atoms with Crippen molar-refractivity contribution in [3.05, 3.63) is 35.9 Å². The van der Waals surface area contributed by atoms with Crippen LogP contribution in [0.1, 0.15) is 24.8 Å². The second-order valence-electron chi connectivity index (χ2n) is 5.90. The van der Waals surface area contributed by atoms with E-state index in [0.29, 0.717) is 6.61 Å². The lowest BCUT2D eigenvalue weighted by Crippen LogP contribution is -2.51. The van der Waals surface area contributed by atoms with Gasteiger partial charge in [-0.1, -0.05) is 30.3 Å². The van der Waals surface area contributed by atoms with E-state index in [1.807, 2.05) is 30.3 Å². The molecule has 2 saturated heterocycles. The van der Waals surface area contributed by atoms with Gasteiger partial charge in [0.2, 0.25) is 0 Å². The molecule has 1 aromatic rings. The molecular formula is C16H22N2O3. The monoisotopic (exact) mass is 290 g/mol. The number of piperidine rings is 1. The van der Waals surface area contributed by atoms with E-state index in [2.05, 4.69) is 10.2 Å². The molecule has 0 spiro atoms. The zero-order chi connectivity index (χ0) is 14.7. The van der Waals surface area contributed by atoms with Crippen LogP contribution in [-0.4, -0.2) is 47.4 Å². The molecule has 0 aliphatic carbocycles. The van der Waals surface area contributed by atoms with Gasteiger partial charge in [0.15, 0.2) is 0 Å². The highest BCUT2D eigenvalue weighted by molar-refractivity contribution is 5.67. The second-order valence-corrected chi connectivity index (χ2v) is 5.90. The molecule has 0 radical (unpaired) electrons. The minimum absolute atomic E-state index is 0.120. The summed E-state index contributed by atoms with van der Waals surface area (Å²) in [6.07, 6.45) is 2.12. The quantitative estimate of drug-likeness (QED) is 0.886. The summed E-state index contributed by atoms with van der Waals surface area (Å²) in [6, 6.07) is 10.1. The summed E-state index contributed by atoms with van der Waals surface area (Å²) in [7, 11) is 0. The first-order valence-corrected chi connectivity index (χ1v) is 7.62. The summed E-state index contributed by atoms with van der Waals surface area (Å²) < 4.78 is 5.25. The van der Waals surface area contributed by atoms with Gasteiger partial charge in [-0.15, -0.1) is 0 Å². The normalized spacial score (nSPS) is 28.9. The van der Waals surface area contributed by atoms with E-state index >= 15 is 0 Å². The Bertz CT molecular complexity index is 480. The fourth-order valence-corrected chi connectivity index (χ4v) is 3.30. The number of alkyl carbamates (subject to hydrolysis) is 1. The Labute approximate surface area is 124 Å². The molecule has 2 aliphatic rings. The van der Waals surface area contributed by atoms with E-state index in [0.717, 1.165) is 37.9 Å². The van der Waals surface area contributed by atoms with Crippen LogP contribution >= 0.6 is 0 Å². The van der Waals surface area contributed by atoms with Gasteiger partial charge in [0.05, 0.1) is 6.10 Å². The summed E-state index contributed by atoms with van der Waals surface area (Å²) >= 11 is 0. The van der Waals surface area contributed by atoms with Crippen LogP contribution in [0.2, 0.25) is 0 Å². The van der Waals surface area contributed by atoms with Crippen molar-refractivity contribution in [2.45, 2.75) is 44.1 Å². The van der Waals surface area contributed by atoms with E-state index in [4.69, 9.17) is 4.74 Å². The Morgan fingerprint density at radius 2 is 2.10 bits per heavy atom. The summed E-state index contributed by atoms with van der Waals surface area (Å²) in [6.45, 7) is 2.02. The summed E-state index contributed by atoms with van der Waals surface area (Å²) in [5.41, 5.74) is 0.985. The molecule has 0 aromatic heterocycles. The van der Waals surface area contributed by atoms with E-state index in [9.17, 15) is 9.90 Å². The van der Waals surface area contributed by atoms with Gasteiger partial charge in [-0.25, -0.2) is 4.79 Å². The van der Waals surface area contributed by atoms with Crippen molar-refractivity contribution in [3.8, 4) is 0 Å². The van der Waals surface area contributed by atoms with Crippen LogP contribution in [0, 0.1) is 0 Å². The third kappa shape index (κ3) is 3.54. The zero-order valence-corrected chi connectivity index (χ0v) is 12.1. The van der Waals surface area contributed by atoms with Crippen LogP contribution in [-0.2, 0) is 11.3 Å². The number of rotatable bonds is 3. The molecule has 0 bridgehead atoms. The van der Waals surface area contributed by atoms with Crippen molar-refractivity contribution in [1.82, 2.24) is 10.2 Å². The lowest BCUT2D eigenvalue weighted by atomic mass is 9.97. The number of fused-ring (bicyclic) bond motifs is 1. The summed E-state index contributed by atoms with van der Waals surface area (Å²) in [5.74, 6) is 0. The lowest BCUT2D eigenvalue weighted by molar-refractivity contribution is 0.0749. The Morgan fingerprint density at radius 1 is 1.29 bits per heavy atom. The van der Waals surface area contributed by atoms with Gasteiger partial charge in [0, 0.05) is 25.2 Å². The van der Waals surface area contributed by atoms with Crippen LogP contribution in [0.5, 0.6) is 0 Å². The lowest BCUT2D eigenvalue weighted by Gasteiger charge is -2.36. The molecular weight excluding hydrogens is 268 g/mol. The molecule has 0 saturated carbocycles. The van der Waals surface area contributed by atoms with Crippen LogP contribution in [0.4, 0.5) is 4.79 Å². The smallest absolute Gasteiger partial charge is 0.407 e. The van der Waals surface area contributed by atoms with Gasteiger partial charge >= 0.3 is 6.09 Å². The molecule has 2 aliphatic heterocycles. The number of nitrogens with one attached hydrogen (secondary N) is 1. The Morgan fingerprint density at radius 3 is 2.90 bits per heavy atom. The van der Waals surface area contributed by atoms with Crippen molar-refractivity contribution < 1.29 is 14.6 Å². The number of aliphatic hydroxyl groups is 1. The van der Waals surface area contributed by atoms with Crippen LogP contribution < -0.4 is 5.32 Å². The molecule has 3 atom stereocenters. The van der Waals surface area contributed by atoms with Crippen molar-refractivity contribution in [2.75, 3.05) is 13.1 Å². The molecule has 0 unspecified atom stereocenters. The Kier molecular flexibility index (Phi) is 4.41. The zero-order valence-electron chi connectivity index (χ0n) is 12.1. The Hall–Kier alpha value is -1.59. The summed E-state index contributed by atoms with van der Waals surface area (Å²) in [5, 5.41) is 12.8. The molecule has 2 N–H and O–H groups in total. The van der Waals surface area contributed by atoms with Crippen molar-refractivity contribution in [2.24, 2.45) is 0 Å². The number of carbonyl (C=O) groups is 1. The largest absolute Gasteiger partial charge is 0.445 e. The fraction of sp³-hybridized carbons (Fsp3) is 0.562. The highest BCUT2D eigenvalue weighted by Crippen LogP contribution is 2.27. The molecule has 5 nitrogen and oxygen atoms in total. The van der Waals surface area contributed by atoms with Crippen molar-refractivity contribution in [3.63, 3.8) is 0 Å². The number of nitrogens with zero attached hydrogens (tertiary/aromatic N) is 1.